The minimum Gasteiger partial charge on any atom is -0.478 e. The van der Waals surface area contributed by atoms with Crippen molar-refractivity contribution in [1.82, 2.24) is 10.1 Å². The van der Waals surface area contributed by atoms with Gasteiger partial charge in [-0.05, 0) is 38.6 Å². The molecule has 0 amide bonds. The third-order valence-corrected chi connectivity index (χ3v) is 3.74. The molecule has 0 radical (unpaired) electrons. The number of carboxylic acids is 1. The van der Waals surface area contributed by atoms with Gasteiger partial charge in [0.1, 0.15) is 5.76 Å². The van der Waals surface area contributed by atoms with E-state index in [1.807, 2.05) is 25.8 Å². The zero-order chi connectivity index (χ0) is 15.6. The predicted molar refractivity (Wildman–Crippen MR) is 79.6 cm³/mol. The van der Waals surface area contributed by atoms with Crippen LogP contribution in [-0.4, -0.2) is 28.2 Å². The molecular formula is C15H17ClN2O3. The van der Waals surface area contributed by atoms with Gasteiger partial charge in [0.2, 0.25) is 0 Å². The fourth-order valence-electron chi connectivity index (χ4n) is 2.24. The van der Waals surface area contributed by atoms with Crippen LogP contribution in [0.15, 0.2) is 22.7 Å². The number of halogens is 1. The van der Waals surface area contributed by atoms with Crippen molar-refractivity contribution in [3.05, 3.63) is 51.4 Å². The Bertz CT molecular complexity index is 647. The first-order chi connectivity index (χ1) is 9.90. The topological polar surface area (TPSA) is 66.6 Å². The highest BCUT2D eigenvalue weighted by Crippen LogP contribution is 2.23. The molecule has 2 aromatic rings. The monoisotopic (exact) mass is 308 g/mol. The second kappa shape index (κ2) is 6.28. The summed E-state index contributed by atoms with van der Waals surface area (Å²) in [6.45, 7) is 4.80. The Morgan fingerprint density at radius 3 is 2.57 bits per heavy atom. The van der Waals surface area contributed by atoms with Crippen LogP contribution in [-0.2, 0) is 13.1 Å². The van der Waals surface area contributed by atoms with Crippen molar-refractivity contribution < 1.29 is 14.4 Å². The molecule has 2 rings (SSSR count). The lowest BCUT2D eigenvalue weighted by Crippen LogP contribution is -2.20. The molecule has 1 aromatic carbocycles. The zero-order valence-corrected chi connectivity index (χ0v) is 12.9. The van der Waals surface area contributed by atoms with Crippen molar-refractivity contribution in [3.8, 4) is 0 Å². The van der Waals surface area contributed by atoms with E-state index in [-0.39, 0.29) is 5.56 Å². The number of carbonyl (C=O) groups is 1. The molecule has 6 heteroatoms. The molecule has 0 atom stereocenters. The standard InChI is InChI=1S/C15H17ClN2O3/c1-9-12(10(2)21-17-9)7-18(3)8-13-11(15(19)20)5-4-6-14(13)16/h4-6H,7-8H2,1-3H3,(H,19,20). The molecule has 0 bridgehead atoms. The summed E-state index contributed by atoms with van der Waals surface area (Å²) in [5.74, 6) is -0.199. The number of nitrogens with zero attached hydrogens (tertiary/aromatic N) is 2. The summed E-state index contributed by atoms with van der Waals surface area (Å²) in [6.07, 6.45) is 0. The maximum atomic E-state index is 11.3. The molecular weight excluding hydrogens is 292 g/mol. The Balaban J connectivity index is 2.20. The van der Waals surface area contributed by atoms with Crippen molar-refractivity contribution in [2.45, 2.75) is 26.9 Å². The lowest BCUT2D eigenvalue weighted by Gasteiger charge is -2.18. The van der Waals surface area contributed by atoms with E-state index in [4.69, 9.17) is 16.1 Å². The average molecular weight is 309 g/mol. The van der Waals surface area contributed by atoms with Crippen LogP contribution in [0.2, 0.25) is 5.02 Å². The molecule has 5 nitrogen and oxygen atoms in total. The SMILES string of the molecule is Cc1noc(C)c1CN(C)Cc1c(Cl)cccc1C(=O)O. The van der Waals surface area contributed by atoms with Gasteiger partial charge in [-0.15, -0.1) is 0 Å². The van der Waals surface area contributed by atoms with Gasteiger partial charge in [-0.3, -0.25) is 4.90 Å². The minimum absolute atomic E-state index is 0.230. The lowest BCUT2D eigenvalue weighted by molar-refractivity contribution is 0.0694. The van der Waals surface area contributed by atoms with E-state index in [0.29, 0.717) is 23.7 Å². The van der Waals surface area contributed by atoms with E-state index in [1.54, 1.807) is 18.2 Å². The molecule has 112 valence electrons. The van der Waals surface area contributed by atoms with Crippen molar-refractivity contribution >= 4 is 17.6 Å². The van der Waals surface area contributed by atoms with Gasteiger partial charge >= 0.3 is 5.97 Å². The Hall–Kier alpha value is -1.85. The Labute approximate surface area is 128 Å². The maximum absolute atomic E-state index is 11.3. The summed E-state index contributed by atoms with van der Waals surface area (Å²) in [4.78, 5) is 13.3. The van der Waals surface area contributed by atoms with Gasteiger partial charge in [0.05, 0.1) is 11.3 Å². The molecule has 0 saturated heterocycles. The van der Waals surface area contributed by atoms with Gasteiger partial charge in [0, 0.05) is 23.7 Å². The number of benzene rings is 1. The molecule has 0 aliphatic heterocycles. The lowest BCUT2D eigenvalue weighted by atomic mass is 10.1. The maximum Gasteiger partial charge on any atom is 0.336 e. The summed E-state index contributed by atoms with van der Waals surface area (Å²) >= 11 is 6.14. The van der Waals surface area contributed by atoms with Crippen LogP contribution in [0.1, 0.15) is 32.9 Å². The smallest absolute Gasteiger partial charge is 0.336 e. The number of rotatable bonds is 5. The average Bonchev–Trinajstić information content (AvgIpc) is 2.72. The highest BCUT2D eigenvalue weighted by Gasteiger charge is 2.17. The van der Waals surface area contributed by atoms with Crippen molar-refractivity contribution in [2.24, 2.45) is 0 Å². The van der Waals surface area contributed by atoms with Crippen LogP contribution in [0.3, 0.4) is 0 Å². The van der Waals surface area contributed by atoms with Gasteiger partial charge < -0.3 is 9.63 Å². The molecule has 0 spiro atoms. The van der Waals surface area contributed by atoms with Crippen molar-refractivity contribution in [3.63, 3.8) is 0 Å². The van der Waals surface area contributed by atoms with Gasteiger partial charge in [0.25, 0.3) is 0 Å². The van der Waals surface area contributed by atoms with Crippen molar-refractivity contribution in [1.29, 1.82) is 0 Å². The van der Waals surface area contributed by atoms with Gasteiger partial charge in [0.15, 0.2) is 0 Å². The second-order valence-electron chi connectivity index (χ2n) is 5.05. The quantitative estimate of drug-likeness (QED) is 0.918. The van der Waals surface area contributed by atoms with Crippen LogP contribution in [0.25, 0.3) is 0 Å². The summed E-state index contributed by atoms with van der Waals surface area (Å²) in [6, 6.07) is 4.91. The van der Waals surface area contributed by atoms with Gasteiger partial charge in [-0.25, -0.2) is 4.79 Å². The fraction of sp³-hybridized carbons (Fsp3) is 0.333. The normalized spacial score (nSPS) is 11.1. The number of hydrogen-bond donors (Lipinski definition) is 1. The van der Waals surface area contributed by atoms with E-state index >= 15 is 0 Å². The molecule has 1 heterocycles. The number of aryl methyl sites for hydroxylation is 2. The number of aromatic carboxylic acids is 1. The van der Waals surface area contributed by atoms with Crippen LogP contribution in [0.4, 0.5) is 0 Å². The van der Waals surface area contributed by atoms with E-state index in [2.05, 4.69) is 5.16 Å². The first kappa shape index (κ1) is 15.5. The number of hydrogen-bond acceptors (Lipinski definition) is 4. The molecule has 0 saturated carbocycles. The largest absolute Gasteiger partial charge is 0.478 e. The van der Waals surface area contributed by atoms with E-state index in [1.165, 1.54) is 0 Å². The van der Waals surface area contributed by atoms with Gasteiger partial charge in [-0.2, -0.15) is 0 Å². The number of carboxylic acid groups (broad SMARTS) is 1. The first-order valence-corrected chi connectivity index (χ1v) is 6.89. The van der Waals surface area contributed by atoms with Gasteiger partial charge in [-0.1, -0.05) is 22.8 Å². The Kier molecular flexibility index (Phi) is 4.65. The predicted octanol–water partition coefficient (Wildman–Crippen LogP) is 3.28. The fourth-order valence-corrected chi connectivity index (χ4v) is 2.48. The van der Waals surface area contributed by atoms with Crippen LogP contribution in [0.5, 0.6) is 0 Å². The van der Waals surface area contributed by atoms with Crippen LogP contribution >= 0.6 is 11.6 Å². The molecule has 0 unspecified atom stereocenters. The van der Waals surface area contributed by atoms with E-state index in [0.717, 1.165) is 17.0 Å². The summed E-state index contributed by atoms with van der Waals surface area (Å²) < 4.78 is 5.14. The van der Waals surface area contributed by atoms with Crippen molar-refractivity contribution in [2.75, 3.05) is 7.05 Å². The third kappa shape index (κ3) is 3.43. The summed E-state index contributed by atoms with van der Waals surface area (Å²) in [5, 5.41) is 13.6. The second-order valence-corrected chi connectivity index (χ2v) is 5.45. The molecule has 0 aliphatic rings. The summed E-state index contributed by atoms with van der Waals surface area (Å²) in [5.41, 5.74) is 2.70. The third-order valence-electron chi connectivity index (χ3n) is 3.39. The van der Waals surface area contributed by atoms with E-state index < -0.39 is 5.97 Å². The van der Waals surface area contributed by atoms with Crippen LogP contribution in [0, 0.1) is 13.8 Å². The molecule has 21 heavy (non-hydrogen) atoms. The minimum atomic E-state index is -0.974. The molecule has 1 aromatic heterocycles. The number of aromatic nitrogens is 1. The molecule has 0 aliphatic carbocycles. The molecule has 0 fully saturated rings. The first-order valence-electron chi connectivity index (χ1n) is 6.51. The Morgan fingerprint density at radius 2 is 2.00 bits per heavy atom. The zero-order valence-electron chi connectivity index (χ0n) is 12.2. The van der Waals surface area contributed by atoms with E-state index in [9.17, 15) is 9.90 Å². The van der Waals surface area contributed by atoms with Crippen LogP contribution < -0.4 is 0 Å². The highest BCUT2D eigenvalue weighted by molar-refractivity contribution is 6.31. The summed E-state index contributed by atoms with van der Waals surface area (Å²) in [7, 11) is 1.90. The highest BCUT2D eigenvalue weighted by atomic mass is 35.5. The molecule has 1 N–H and O–H groups in total. The Morgan fingerprint density at radius 1 is 1.33 bits per heavy atom.